The minimum absolute atomic E-state index is 0.0337. The molecule has 2 aliphatic rings. The predicted octanol–water partition coefficient (Wildman–Crippen LogP) is 2.05. The van der Waals surface area contributed by atoms with Gasteiger partial charge in [-0.25, -0.2) is 4.79 Å². The lowest BCUT2D eigenvalue weighted by Gasteiger charge is -2.39. The number of halogens is 3. The molecule has 1 saturated carbocycles. The fourth-order valence-corrected chi connectivity index (χ4v) is 3.38. The van der Waals surface area contributed by atoms with Crippen LogP contribution < -0.4 is 0 Å². The van der Waals surface area contributed by atoms with Crippen molar-refractivity contribution in [3.63, 3.8) is 0 Å². The number of aromatic nitrogens is 1. The first kappa shape index (κ1) is 22.1. The Kier molecular flexibility index (Phi) is 7.76. The fraction of sp³-hybridized carbons (Fsp3) is 0.611. The van der Waals surface area contributed by atoms with Crippen molar-refractivity contribution < 1.29 is 37.3 Å². The third-order valence-electron chi connectivity index (χ3n) is 4.54. The molecular formula is C18H23F3N2O5. The summed E-state index contributed by atoms with van der Waals surface area (Å²) in [7, 11) is 0. The average Bonchev–Trinajstić information content (AvgIpc) is 3.06. The van der Waals surface area contributed by atoms with Crippen molar-refractivity contribution in [2.75, 3.05) is 19.8 Å². The lowest BCUT2D eigenvalue weighted by molar-refractivity contribution is -0.192. The Morgan fingerprint density at radius 2 is 2.07 bits per heavy atom. The summed E-state index contributed by atoms with van der Waals surface area (Å²) in [5.41, 5.74) is 0.824. The zero-order valence-corrected chi connectivity index (χ0v) is 15.4. The zero-order chi connectivity index (χ0) is 20.7. The van der Waals surface area contributed by atoms with E-state index in [9.17, 15) is 18.0 Å². The minimum atomic E-state index is -5.08. The highest BCUT2D eigenvalue weighted by Crippen LogP contribution is 2.32. The number of alkyl halides is 3. The quantitative estimate of drug-likeness (QED) is 0.826. The van der Waals surface area contributed by atoms with Crippen molar-refractivity contribution in [2.45, 2.75) is 50.6 Å². The van der Waals surface area contributed by atoms with Crippen molar-refractivity contribution in [2.24, 2.45) is 0 Å². The Balaban J connectivity index is 0.000000345. The van der Waals surface area contributed by atoms with Gasteiger partial charge in [-0.2, -0.15) is 13.2 Å². The van der Waals surface area contributed by atoms with Crippen LogP contribution in [0.3, 0.4) is 0 Å². The molecule has 0 aromatic carbocycles. The highest BCUT2D eigenvalue weighted by atomic mass is 19.4. The number of carbonyl (C=O) groups is 2. The van der Waals surface area contributed by atoms with E-state index in [1.165, 1.54) is 0 Å². The Bertz CT molecular complexity index is 656. The molecule has 7 nitrogen and oxygen atoms in total. The number of rotatable bonds is 4. The van der Waals surface area contributed by atoms with Crippen molar-refractivity contribution in [3.05, 3.63) is 30.1 Å². The number of hydrogen-bond acceptors (Lipinski definition) is 5. The minimum Gasteiger partial charge on any atom is -0.475 e. The second kappa shape index (κ2) is 9.83. The maximum Gasteiger partial charge on any atom is 0.490 e. The van der Waals surface area contributed by atoms with Crippen LogP contribution >= 0.6 is 0 Å². The summed E-state index contributed by atoms with van der Waals surface area (Å²) >= 11 is 0. The van der Waals surface area contributed by atoms with E-state index in [0.717, 1.165) is 18.5 Å². The maximum absolute atomic E-state index is 12.6. The molecule has 0 unspecified atom stereocenters. The van der Waals surface area contributed by atoms with Gasteiger partial charge in [-0.05, 0) is 31.9 Å². The number of carbonyl (C=O) groups excluding carboxylic acids is 1. The number of pyridine rings is 1. The van der Waals surface area contributed by atoms with Gasteiger partial charge in [0.25, 0.3) is 0 Å². The van der Waals surface area contributed by atoms with Crippen LogP contribution in [-0.4, -0.2) is 71.1 Å². The number of aliphatic carboxylic acids is 1. The van der Waals surface area contributed by atoms with Crippen molar-refractivity contribution in [3.8, 4) is 0 Å². The van der Waals surface area contributed by atoms with Gasteiger partial charge in [-0.15, -0.1) is 0 Å². The highest BCUT2D eigenvalue weighted by Gasteiger charge is 2.44. The highest BCUT2D eigenvalue weighted by molar-refractivity contribution is 5.79. The number of hydrogen-bond donors (Lipinski definition) is 1. The van der Waals surface area contributed by atoms with Gasteiger partial charge in [0.15, 0.2) is 0 Å². The molecular weight excluding hydrogens is 381 g/mol. The number of carboxylic acid groups (broad SMARTS) is 1. The van der Waals surface area contributed by atoms with Gasteiger partial charge in [0, 0.05) is 25.0 Å². The molecule has 1 aliphatic heterocycles. The van der Waals surface area contributed by atoms with E-state index < -0.39 is 12.1 Å². The van der Waals surface area contributed by atoms with Gasteiger partial charge in [0.1, 0.15) is 6.10 Å². The molecule has 1 aromatic rings. The molecule has 0 spiro atoms. The third kappa shape index (κ3) is 5.90. The second-order valence-electron chi connectivity index (χ2n) is 6.36. The Labute approximate surface area is 160 Å². The number of morpholine rings is 1. The molecule has 0 bridgehead atoms. The van der Waals surface area contributed by atoms with Crippen LogP contribution in [0.4, 0.5) is 13.2 Å². The number of carboxylic acids is 1. The van der Waals surface area contributed by atoms with Crippen LogP contribution in [0, 0.1) is 0 Å². The summed E-state index contributed by atoms with van der Waals surface area (Å²) in [6.45, 7) is 3.96. The van der Waals surface area contributed by atoms with Crippen LogP contribution in [0.5, 0.6) is 0 Å². The van der Waals surface area contributed by atoms with Gasteiger partial charge >= 0.3 is 12.1 Å². The lowest BCUT2D eigenvalue weighted by atomic mass is 10.1. The topological polar surface area (TPSA) is 89.0 Å². The summed E-state index contributed by atoms with van der Waals surface area (Å²) in [5, 5.41) is 7.12. The molecule has 1 aromatic heterocycles. The van der Waals surface area contributed by atoms with E-state index in [0.29, 0.717) is 26.2 Å². The summed E-state index contributed by atoms with van der Waals surface area (Å²) < 4.78 is 43.3. The van der Waals surface area contributed by atoms with Gasteiger partial charge in [0.05, 0.1) is 25.2 Å². The predicted molar refractivity (Wildman–Crippen MR) is 91.5 cm³/mol. The third-order valence-corrected chi connectivity index (χ3v) is 4.54. The number of fused-ring (bicyclic) bond motifs is 1. The van der Waals surface area contributed by atoms with Crippen LogP contribution in [0.1, 0.15) is 25.5 Å². The molecule has 10 heteroatoms. The fourth-order valence-electron chi connectivity index (χ4n) is 3.38. The first-order chi connectivity index (χ1) is 13.2. The molecule has 1 aliphatic carbocycles. The largest absolute Gasteiger partial charge is 0.490 e. The van der Waals surface area contributed by atoms with E-state index >= 15 is 0 Å². The molecule has 156 valence electrons. The van der Waals surface area contributed by atoms with Gasteiger partial charge in [-0.1, -0.05) is 6.07 Å². The van der Waals surface area contributed by atoms with Crippen molar-refractivity contribution in [1.29, 1.82) is 0 Å². The van der Waals surface area contributed by atoms with Gasteiger partial charge < -0.3 is 19.5 Å². The number of nitrogens with zero attached hydrogens (tertiary/aromatic N) is 2. The molecule has 3 atom stereocenters. The van der Waals surface area contributed by atoms with E-state index in [1.807, 2.05) is 30.0 Å². The normalized spacial score (nSPS) is 24.1. The monoisotopic (exact) mass is 404 g/mol. The SMILES string of the molecule is CCO[C@H]1CC[C@H]2[C@@H]1OCCN2C(=O)Cc1ccccn1.O=C(O)C(F)(F)F. The molecule has 1 saturated heterocycles. The van der Waals surface area contributed by atoms with Gasteiger partial charge in [-0.3, -0.25) is 9.78 Å². The second-order valence-corrected chi connectivity index (χ2v) is 6.36. The first-order valence-electron chi connectivity index (χ1n) is 8.96. The van der Waals surface area contributed by atoms with Crippen LogP contribution in [-0.2, 0) is 25.5 Å². The van der Waals surface area contributed by atoms with Crippen molar-refractivity contribution >= 4 is 11.9 Å². The molecule has 2 fully saturated rings. The Hall–Kier alpha value is -2.20. The molecule has 3 rings (SSSR count). The van der Waals surface area contributed by atoms with Crippen LogP contribution in [0.15, 0.2) is 24.4 Å². The van der Waals surface area contributed by atoms with E-state index in [1.54, 1.807) is 6.20 Å². The summed E-state index contributed by atoms with van der Waals surface area (Å²) in [5.74, 6) is -2.61. The number of amides is 1. The Morgan fingerprint density at radius 3 is 2.64 bits per heavy atom. The van der Waals surface area contributed by atoms with E-state index in [-0.39, 0.29) is 24.2 Å². The molecule has 1 N–H and O–H groups in total. The van der Waals surface area contributed by atoms with Gasteiger partial charge in [0.2, 0.25) is 5.91 Å². The number of ether oxygens (including phenoxy) is 2. The average molecular weight is 404 g/mol. The van der Waals surface area contributed by atoms with Crippen LogP contribution in [0.25, 0.3) is 0 Å². The maximum atomic E-state index is 12.6. The Morgan fingerprint density at radius 1 is 1.36 bits per heavy atom. The smallest absolute Gasteiger partial charge is 0.475 e. The molecule has 0 radical (unpaired) electrons. The first-order valence-corrected chi connectivity index (χ1v) is 8.96. The van der Waals surface area contributed by atoms with Crippen LogP contribution in [0.2, 0.25) is 0 Å². The summed E-state index contributed by atoms with van der Waals surface area (Å²) in [6, 6.07) is 5.83. The van der Waals surface area contributed by atoms with Crippen molar-refractivity contribution in [1.82, 2.24) is 9.88 Å². The standard InChI is InChI=1S/C16H22N2O3.C2HF3O2/c1-2-20-14-7-6-13-16(14)21-10-9-18(13)15(19)11-12-5-3-4-8-17-12;3-2(4,5)1(6)7/h3-5,8,13-14,16H,2,6-7,9-11H2,1H3;(H,6,7)/t13-,14-,16-;/m0./s1. The van der Waals surface area contributed by atoms with E-state index in [4.69, 9.17) is 19.4 Å². The lowest BCUT2D eigenvalue weighted by Crippen LogP contribution is -2.54. The molecule has 2 heterocycles. The zero-order valence-electron chi connectivity index (χ0n) is 15.4. The molecule has 28 heavy (non-hydrogen) atoms. The van der Waals surface area contributed by atoms with E-state index in [2.05, 4.69) is 4.98 Å². The summed E-state index contributed by atoms with van der Waals surface area (Å²) in [6.07, 6.45) is -0.897. The molecule has 1 amide bonds. The summed E-state index contributed by atoms with van der Waals surface area (Å²) in [4.78, 5) is 27.7.